The molecule has 33 heavy (non-hydrogen) atoms. The lowest BCUT2D eigenvalue weighted by Gasteiger charge is -2.10. The van der Waals surface area contributed by atoms with E-state index in [0.29, 0.717) is 4.47 Å². The van der Waals surface area contributed by atoms with Crippen LogP contribution in [0.2, 0.25) is 0 Å². The average Bonchev–Trinajstić information content (AvgIpc) is 2.75. The van der Waals surface area contributed by atoms with Gasteiger partial charge in [0.15, 0.2) is 5.75 Å². The molecule has 0 heterocycles. The summed E-state index contributed by atoms with van der Waals surface area (Å²) >= 11 is 3.28. The third-order valence-corrected chi connectivity index (χ3v) is 6.00. The number of rotatable bonds is 8. The van der Waals surface area contributed by atoms with Crippen molar-refractivity contribution in [3.05, 3.63) is 96.5 Å². The van der Waals surface area contributed by atoms with Crippen LogP contribution in [0.15, 0.2) is 75.1 Å². The molecule has 0 atom stereocenters. The molecule has 0 aliphatic carbocycles. The molecule has 13 heteroatoms. The Morgan fingerprint density at radius 1 is 1.00 bits per heavy atom. The zero-order chi connectivity index (χ0) is 24.2. The average molecular weight is 535 g/mol. The summed E-state index contributed by atoms with van der Waals surface area (Å²) in [6.07, 6.45) is 1.20. The molecule has 0 unspecified atom stereocenters. The number of anilines is 1. The van der Waals surface area contributed by atoms with Crippen LogP contribution < -0.4 is 9.61 Å². The van der Waals surface area contributed by atoms with Gasteiger partial charge in [-0.3, -0.25) is 25.7 Å². The van der Waals surface area contributed by atoms with Crippen LogP contribution in [0.25, 0.3) is 0 Å². The van der Waals surface area contributed by atoms with Crippen molar-refractivity contribution in [3.63, 3.8) is 0 Å². The number of hydrogen-bond acceptors (Lipinski definition) is 9. The van der Waals surface area contributed by atoms with Crippen LogP contribution in [-0.4, -0.2) is 24.5 Å². The Bertz CT molecular complexity index is 1360. The standard InChI is InChI=1S/C20H15BrN4O7S/c1-13-2-6-17(7-3-13)33(30,31)32-20-9-4-15(21)10-14(20)12-22-23-18-8-5-16(24(26)27)11-19(18)25(28)29/h2-12,23H,1H3/b22-12-. The van der Waals surface area contributed by atoms with Crippen molar-refractivity contribution in [1.82, 2.24) is 0 Å². The van der Waals surface area contributed by atoms with E-state index in [9.17, 15) is 28.6 Å². The van der Waals surface area contributed by atoms with E-state index in [1.807, 2.05) is 6.92 Å². The number of hydrazone groups is 1. The zero-order valence-electron chi connectivity index (χ0n) is 16.8. The number of nitrogens with zero attached hydrogens (tertiary/aromatic N) is 3. The first-order chi connectivity index (χ1) is 15.6. The van der Waals surface area contributed by atoms with E-state index in [4.69, 9.17) is 4.18 Å². The van der Waals surface area contributed by atoms with Gasteiger partial charge in [0.2, 0.25) is 0 Å². The van der Waals surface area contributed by atoms with Crippen molar-refractivity contribution < 1.29 is 22.4 Å². The van der Waals surface area contributed by atoms with Gasteiger partial charge in [0.05, 0.1) is 22.1 Å². The molecule has 3 aromatic rings. The summed E-state index contributed by atoms with van der Waals surface area (Å²) in [7, 11) is -4.12. The molecule has 0 amide bonds. The molecule has 0 aromatic heterocycles. The molecule has 170 valence electrons. The molecule has 0 aliphatic rings. The highest BCUT2D eigenvalue weighted by Crippen LogP contribution is 2.29. The topological polar surface area (TPSA) is 154 Å². The van der Waals surface area contributed by atoms with Crippen molar-refractivity contribution in [2.45, 2.75) is 11.8 Å². The summed E-state index contributed by atoms with van der Waals surface area (Å²) in [4.78, 5) is 20.5. The summed E-state index contributed by atoms with van der Waals surface area (Å²) in [6, 6.07) is 13.7. The maximum Gasteiger partial charge on any atom is 0.339 e. The highest BCUT2D eigenvalue weighted by Gasteiger charge is 2.20. The molecule has 11 nitrogen and oxygen atoms in total. The highest BCUT2D eigenvalue weighted by atomic mass is 79.9. The van der Waals surface area contributed by atoms with E-state index < -0.39 is 31.3 Å². The Kier molecular flexibility index (Phi) is 7.04. The van der Waals surface area contributed by atoms with E-state index in [-0.39, 0.29) is 21.9 Å². The number of halogens is 1. The Balaban J connectivity index is 1.88. The lowest BCUT2D eigenvalue weighted by molar-refractivity contribution is -0.393. The molecule has 0 radical (unpaired) electrons. The van der Waals surface area contributed by atoms with Gasteiger partial charge in [-0.25, -0.2) is 0 Å². The summed E-state index contributed by atoms with van der Waals surface area (Å²) < 4.78 is 31.1. The summed E-state index contributed by atoms with van der Waals surface area (Å²) in [5, 5.41) is 26.0. The first-order valence-corrected chi connectivity index (χ1v) is 11.3. The first kappa shape index (κ1) is 23.8. The minimum Gasteiger partial charge on any atom is -0.378 e. The molecule has 0 fully saturated rings. The lowest BCUT2D eigenvalue weighted by atomic mass is 10.2. The quantitative estimate of drug-likeness (QED) is 0.187. The smallest absolute Gasteiger partial charge is 0.339 e. The molecule has 0 saturated heterocycles. The predicted octanol–water partition coefficient (Wildman–Crippen LogP) is 4.79. The fourth-order valence-corrected chi connectivity index (χ4v) is 3.95. The van der Waals surface area contributed by atoms with E-state index >= 15 is 0 Å². The van der Waals surface area contributed by atoms with Crippen LogP contribution >= 0.6 is 15.9 Å². The van der Waals surface area contributed by atoms with Gasteiger partial charge in [0, 0.05) is 16.1 Å². The maximum absolute atomic E-state index is 12.6. The first-order valence-electron chi connectivity index (χ1n) is 9.09. The number of nitro benzene ring substituents is 2. The Morgan fingerprint density at radius 2 is 1.70 bits per heavy atom. The monoisotopic (exact) mass is 534 g/mol. The molecule has 3 rings (SSSR count). The highest BCUT2D eigenvalue weighted by molar-refractivity contribution is 9.10. The summed E-state index contributed by atoms with van der Waals surface area (Å²) in [5.74, 6) is -0.0254. The molecular formula is C20H15BrN4O7S. The number of nitro groups is 2. The SMILES string of the molecule is Cc1ccc(S(=O)(=O)Oc2ccc(Br)cc2/C=N\Nc2ccc([N+](=O)[O-])cc2[N+](=O)[O-])cc1. The van der Waals surface area contributed by atoms with E-state index in [2.05, 4.69) is 26.5 Å². The third-order valence-electron chi connectivity index (χ3n) is 4.26. The fraction of sp³-hybridized carbons (Fsp3) is 0.0500. The van der Waals surface area contributed by atoms with Gasteiger partial charge >= 0.3 is 15.8 Å². The van der Waals surface area contributed by atoms with Gasteiger partial charge < -0.3 is 4.18 Å². The molecule has 3 aromatic carbocycles. The van der Waals surface area contributed by atoms with Crippen molar-refractivity contribution in [2.24, 2.45) is 5.10 Å². The van der Waals surface area contributed by atoms with Gasteiger partial charge in [-0.05, 0) is 43.3 Å². The second-order valence-corrected chi connectivity index (χ2v) is 9.08. The van der Waals surface area contributed by atoms with E-state index in [1.165, 1.54) is 30.5 Å². The lowest BCUT2D eigenvalue weighted by Crippen LogP contribution is -2.11. The molecule has 0 saturated carbocycles. The van der Waals surface area contributed by atoms with Crippen LogP contribution in [-0.2, 0) is 10.1 Å². The van der Waals surface area contributed by atoms with Gasteiger partial charge in [0.1, 0.15) is 10.6 Å². The Morgan fingerprint density at radius 3 is 2.33 bits per heavy atom. The molecular weight excluding hydrogens is 520 g/mol. The van der Waals surface area contributed by atoms with Crippen LogP contribution in [0.3, 0.4) is 0 Å². The fourth-order valence-electron chi connectivity index (χ4n) is 2.62. The number of non-ortho nitro benzene ring substituents is 1. The number of benzene rings is 3. The minimum absolute atomic E-state index is 0.0254. The zero-order valence-corrected chi connectivity index (χ0v) is 19.2. The van der Waals surface area contributed by atoms with Gasteiger partial charge in [-0.1, -0.05) is 33.6 Å². The van der Waals surface area contributed by atoms with Crippen LogP contribution in [0.4, 0.5) is 17.1 Å². The largest absolute Gasteiger partial charge is 0.378 e. The van der Waals surface area contributed by atoms with Crippen molar-refractivity contribution in [2.75, 3.05) is 5.43 Å². The second-order valence-electron chi connectivity index (χ2n) is 6.62. The van der Waals surface area contributed by atoms with Crippen LogP contribution in [0.5, 0.6) is 5.75 Å². The van der Waals surface area contributed by atoms with Gasteiger partial charge in [0.25, 0.3) is 5.69 Å². The molecule has 0 bridgehead atoms. The number of aryl methyl sites for hydroxylation is 1. The minimum atomic E-state index is -4.12. The van der Waals surface area contributed by atoms with Crippen LogP contribution in [0.1, 0.15) is 11.1 Å². The van der Waals surface area contributed by atoms with Crippen LogP contribution in [0, 0.1) is 27.2 Å². The van der Waals surface area contributed by atoms with E-state index in [1.54, 1.807) is 18.2 Å². The van der Waals surface area contributed by atoms with Crippen molar-refractivity contribution in [3.8, 4) is 5.75 Å². The number of nitrogens with one attached hydrogen (secondary N) is 1. The summed E-state index contributed by atoms with van der Waals surface area (Å²) in [6.45, 7) is 1.82. The normalized spacial score (nSPS) is 11.3. The molecule has 1 N–H and O–H groups in total. The maximum atomic E-state index is 12.6. The summed E-state index contributed by atoms with van der Waals surface area (Å²) in [5.41, 5.74) is 2.49. The van der Waals surface area contributed by atoms with Gasteiger partial charge in [-0.15, -0.1) is 0 Å². The molecule has 0 spiro atoms. The van der Waals surface area contributed by atoms with Crippen molar-refractivity contribution in [1.29, 1.82) is 0 Å². The number of hydrogen-bond donors (Lipinski definition) is 1. The Labute approximate surface area is 196 Å². The van der Waals surface area contributed by atoms with E-state index in [0.717, 1.165) is 23.8 Å². The molecule has 0 aliphatic heterocycles. The third kappa shape index (κ3) is 5.90. The van der Waals surface area contributed by atoms with Crippen molar-refractivity contribution >= 4 is 49.3 Å². The van der Waals surface area contributed by atoms with Gasteiger partial charge in [-0.2, -0.15) is 13.5 Å². The Hall–Kier alpha value is -3.84. The second kappa shape index (κ2) is 9.75. The predicted molar refractivity (Wildman–Crippen MR) is 124 cm³/mol.